The zero-order valence-corrected chi connectivity index (χ0v) is 15.1. The third-order valence-electron chi connectivity index (χ3n) is 4.70. The highest BCUT2D eigenvalue weighted by molar-refractivity contribution is 6.12. The Balaban J connectivity index is 2.08. The Morgan fingerprint density at radius 1 is 0.760 bits per heavy atom. The summed E-state index contributed by atoms with van der Waals surface area (Å²) in [6, 6.07) is 19.1. The van der Waals surface area contributed by atoms with E-state index in [9.17, 15) is 4.79 Å². The number of ketones is 1. The van der Waals surface area contributed by atoms with E-state index in [4.69, 9.17) is 4.74 Å². The number of ether oxygens (including phenoxy) is 1. The van der Waals surface area contributed by atoms with Crippen LogP contribution in [0.4, 0.5) is 0 Å². The zero-order chi connectivity index (χ0) is 18.0. The van der Waals surface area contributed by atoms with Crippen LogP contribution in [0.15, 0.2) is 60.7 Å². The fourth-order valence-corrected chi connectivity index (χ4v) is 3.05. The van der Waals surface area contributed by atoms with Gasteiger partial charge < -0.3 is 4.74 Å². The summed E-state index contributed by atoms with van der Waals surface area (Å²) >= 11 is 0. The molecule has 2 nitrogen and oxygen atoms in total. The van der Waals surface area contributed by atoms with Gasteiger partial charge in [-0.3, -0.25) is 4.79 Å². The van der Waals surface area contributed by atoms with E-state index >= 15 is 0 Å². The van der Waals surface area contributed by atoms with E-state index < -0.39 is 0 Å². The molecule has 0 aliphatic rings. The normalized spacial score (nSPS) is 10.6. The molecule has 0 aliphatic carbocycles. The summed E-state index contributed by atoms with van der Waals surface area (Å²) in [7, 11) is 0. The molecule has 0 aromatic heterocycles. The van der Waals surface area contributed by atoms with Crippen LogP contribution in [-0.2, 0) is 0 Å². The minimum absolute atomic E-state index is 0.00771. The van der Waals surface area contributed by atoms with Crippen molar-refractivity contribution < 1.29 is 9.53 Å². The van der Waals surface area contributed by atoms with Crippen molar-refractivity contribution in [2.45, 2.75) is 27.7 Å². The van der Waals surface area contributed by atoms with E-state index in [2.05, 4.69) is 6.07 Å². The molecule has 0 N–H and O–H groups in total. The summed E-state index contributed by atoms with van der Waals surface area (Å²) in [6.45, 7) is 8.11. The quantitative estimate of drug-likeness (QED) is 0.553. The van der Waals surface area contributed by atoms with Gasteiger partial charge in [-0.05, 0) is 74.2 Å². The number of carbonyl (C=O) groups is 1. The summed E-state index contributed by atoms with van der Waals surface area (Å²) in [6.07, 6.45) is 0. The molecule has 0 saturated carbocycles. The van der Waals surface area contributed by atoms with Gasteiger partial charge in [0.1, 0.15) is 11.5 Å². The van der Waals surface area contributed by atoms with Crippen LogP contribution in [-0.4, -0.2) is 5.78 Å². The van der Waals surface area contributed by atoms with Crippen molar-refractivity contribution in [3.63, 3.8) is 0 Å². The van der Waals surface area contributed by atoms with E-state index in [1.165, 1.54) is 0 Å². The smallest absolute Gasteiger partial charge is 0.197 e. The van der Waals surface area contributed by atoms with Crippen LogP contribution in [0.25, 0.3) is 0 Å². The summed E-state index contributed by atoms with van der Waals surface area (Å²) in [5, 5.41) is 0. The van der Waals surface area contributed by atoms with Gasteiger partial charge >= 0.3 is 0 Å². The molecule has 2 heteroatoms. The van der Waals surface area contributed by atoms with Crippen molar-refractivity contribution in [2.75, 3.05) is 0 Å². The molecule has 0 spiro atoms. The zero-order valence-electron chi connectivity index (χ0n) is 15.1. The van der Waals surface area contributed by atoms with Gasteiger partial charge in [0.2, 0.25) is 0 Å². The molecule has 0 heterocycles. The highest BCUT2D eigenvalue weighted by Crippen LogP contribution is 2.30. The van der Waals surface area contributed by atoms with Crippen LogP contribution < -0.4 is 4.74 Å². The average molecular weight is 330 g/mol. The monoisotopic (exact) mass is 330 g/mol. The number of hydrogen-bond donors (Lipinski definition) is 0. The van der Waals surface area contributed by atoms with Crippen molar-refractivity contribution in [1.82, 2.24) is 0 Å². The summed E-state index contributed by atoms with van der Waals surface area (Å²) in [5.41, 5.74) is 5.69. The molecule has 25 heavy (non-hydrogen) atoms. The Morgan fingerprint density at radius 2 is 1.32 bits per heavy atom. The second-order valence-corrected chi connectivity index (χ2v) is 6.38. The summed E-state index contributed by atoms with van der Waals surface area (Å²) in [5.74, 6) is 1.31. The predicted octanol–water partition coefficient (Wildman–Crippen LogP) is 5.94. The maximum absolute atomic E-state index is 13.3. The first kappa shape index (κ1) is 17.0. The number of para-hydroxylation sites is 2. The van der Waals surface area contributed by atoms with E-state index in [1.807, 2.05) is 82.3 Å². The SMILES string of the molecule is Cc1cc(C)c(C)c(C(=O)c2ccccc2Oc2ccccc2)c1C. The molecule has 0 atom stereocenters. The average Bonchev–Trinajstić information content (AvgIpc) is 2.61. The lowest BCUT2D eigenvalue weighted by Crippen LogP contribution is -2.10. The first-order valence-corrected chi connectivity index (χ1v) is 8.43. The molecule has 0 bridgehead atoms. The number of aryl methyl sites for hydroxylation is 2. The summed E-state index contributed by atoms with van der Waals surface area (Å²) in [4.78, 5) is 13.3. The van der Waals surface area contributed by atoms with Gasteiger partial charge in [-0.1, -0.05) is 36.4 Å². The van der Waals surface area contributed by atoms with E-state index in [-0.39, 0.29) is 5.78 Å². The molecule has 0 fully saturated rings. The van der Waals surface area contributed by atoms with Crippen molar-refractivity contribution >= 4 is 5.78 Å². The molecule has 0 saturated heterocycles. The van der Waals surface area contributed by atoms with Gasteiger partial charge in [-0.15, -0.1) is 0 Å². The van der Waals surface area contributed by atoms with Crippen LogP contribution in [0.2, 0.25) is 0 Å². The molecule has 3 aromatic carbocycles. The molecule has 126 valence electrons. The van der Waals surface area contributed by atoms with Crippen LogP contribution >= 0.6 is 0 Å². The predicted molar refractivity (Wildman–Crippen MR) is 102 cm³/mol. The number of benzene rings is 3. The molecular formula is C23H22O2. The number of rotatable bonds is 4. The Labute approximate surface area is 149 Å². The van der Waals surface area contributed by atoms with Gasteiger partial charge in [0, 0.05) is 5.56 Å². The first-order valence-electron chi connectivity index (χ1n) is 8.43. The maximum Gasteiger partial charge on any atom is 0.197 e. The van der Waals surface area contributed by atoms with Gasteiger partial charge in [-0.25, -0.2) is 0 Å². The lowest BCUT2D eigenvalue weighted by molar-refractivity contribution is 0.103. The van der Waals surface area contributed by atoms with Crippen LogP contribution in [0.3, 0.4) is 0 Å². The molecule has 3 aromatic rings. The van der Waals surface area contributed by atoms with Crippen molar-refractivity contribution in [3.05, 3.63) is 94.0 Å². The Bertz CT molecular complexity index is 898. The Hall–Kier alpha value is -2.87. The van der Waals surface area contributed by atoms with Crippen LogP contribution in [0.1, 0.15) is 38.2 Å². The van der Waals surface area contributed by atoms with Crippen molar-refractivity contribution in [3.8, 4) is 11.5 Å². The molecule has 0 amide bonds. The van der Waals surface area contributed by atoms with Crippen molar-refractivity contribution in [1.29, 1.82) is 0 Å². The van der Waals surface area contributed by atoms with E-state index in [0.717, 1.165) is 33.6 Å². The Kier molecular flexibility index (Phi) is 4.71. The minimum Gasteiger partial charge on any atom is -0.457 e. The highest BCUT2D eigenvalue weighted by Gasteiger charge is 2.20. The first-order chi connectivity index (χ1) is 12.0. The van der Waals surface area contributed by atoms with Crippen molar-refractivity contribution in [2.24, 2.45) is 0 Å². The molecular weight excluding hydrogens is 308 g/mol. The van der Waals surface area contributed by atoms with E-state index in [0.29, 0.717) is 11.3 Å². The fourth-order valence-electron chi connectivity index (χ4n) is 3.05. The molecule has 0 aliphatic heterocycles. The van der Waals surface area contributed by atoms with Gasteiger partial charge in [0.15, 0.2) is 5.78 Å². The largest absolute Gasteiger partial charge is 0.457 e. The molecule has 0 radical (unpaired) electrons. The molecule has 0 unspecified atom stereocenters. The number of carbonyl (C=O) groups excluding carboxylic acids is 1. The number of hydrogen-bond acceptors (Lipinski definition) is 2. The van der Waals surface area contributed by atoms with Crippen LogP contribution in [0.5, 0.6) is 11.5 Å². The van der Waals surface area contributed by atoms with Gasteiger partial charge in [-0.2, -0.15) is 0 Å². The van der Waals surface area contributed by atoms with Gasteiger partial charge in [0.25, 0.3) is 0 Å². The van der Waals surface area contributed by atoms with E-state index in [1.54, 1.807) is 0 Å². The second kappa shape index (κ2) is 6.94. The fraction of sp³-hybridized carbons (Fsp3) is 0.174. The highest BCUT2D eigenvalue weighted by atomic mass is 16.5. The lowest BCUT2D eigenvalue weighted by atomic mass is 9.89. The third-order valence-corrected chi connectivity index (χ3v) is 4.70. The minimum atomic E-state index is 0.00771. The lowest BCUT2D eigenvalue weighted by Gasteiger charge is -2.16. The van der Waals surface area contributed by atoms with Crippen LogP contribution in [0, 0.1) is 27.7 Å². The summed E-state index contributed by atoms with van der Waals surface area (Å²) < 4.78 is 5.97. The topological polar surface area (TPSA) is 26.3 Å². The standard InChI is InChI=1S/C23H22O2/c1-15-14-16(2)18(4)22(17(15)3)23(24)20-12-8-9-13-21(20)25-19-10-6-5-7-11-19/h5-14H,1-4H3. The maximum atomic E-state index is 13.3. The third kappa shape index (κ3) is 3.34. The van der Waals surface area contributed by atoms with Gasteiger partial charge in [0.05, 0.1) is 5.56 Å². The molecule has 3 rings (SSSR count). The second-order valence-electron chi connectivity index (χ2n) is 6.38. The Morgan fingerprint density at radius 3 is 1.96 bits per heavy atom.